The van der Waals surface area contributed by atoms with Gasteiger partial charge in [-0.25, -0.2) is 4.39 Å². The Kier molecular flexibility index (Phi) is 4.12. The van der Waals surface area contributed by atoms with Crippen LogP contribution in [0.1, 0.15) is 15.9 Å². The van der Waals surface area contributed by atoms with E-state index in [4.69, 9.17) is 9.47 Å². The van der Waals surface area contributed by atoms with Crippen molar-refractivity contribution in [2.45, 2.75) is 6.92 Å². The number of hydrogen-bond acceptors (Lipinski definition) is 4. The lowest BCUT2D eigenvalue weighted by Gasteiger charge is -2.14. The lowest BCUT2D eigenvalue weighted by molar-refractivity contribution is 0.112. The van der Waals surface area contributed by atoms with Crippen molar-refractivity contribution < 1.29 is 23.8 Å². The molecule has 0 aliphatic heterocycles. The van der Waals surface area contributed by atoms with Crippen molar-refractivity contribution in [3.8, 4) is 28.4 Å². The van der Waals surface area contributed by atoms with Gasteiger partial charge >= 0.3 is 0 Å². The molecule has 0 amide bonds. The molecule has 2 rings (SSSR count). The Morgan fingerprint density at radius 2 is 1.81 bits per heavy atom. The van der Waals surface area contributed by atoms with Crippen molar-refractivity contribution in [3.05, 3.63) is 41.2 Å². The molecule has 2 aromatic rings. The molecule has 0 atom stereocenters. The summed E-state index contributed by atoms with van der Waals surface area (Å²) in [5.41, 5.74) is 1.84. The second kappa shape index (κ2) is 5.83. The normalized spacial score (nSPS) is 10.3. The Labute approximate surface area is 121 Å². The standard InChI is InChI=1S/C16H15FO4/c1-9-11(7-15(21-3)16(19)12(9)8-18)10-4-5-14(20-2)13(17)6-10/h4-8,19H,1-3H3. The van der Waals surface area contributed by atoms with Gasteiger partial charge in [0.15, 0.2) is 29.4 Å². The molecule has 0 saturated heterocycles. The van der Waals surface area contributed by atoms with E-state index >= 15 is 0 Å². The Morgan fingerprint density at radius 3 is 2.33 bits per heavy atom. The van der Waals surface area contributed by atoms with Crippen molar-refractivity contribution in [2.24, 2.45) is 0 Å². The van der Waals surface area contributed by atoms with Crippen LogP contribution in [0.15, 0.2) is 24.3 Å². The Hall–Kier alpha value is -2.56. The third kappa shape index (κ3) is 2.54. The zero-order chi connectivity index (χ0) is 15.6. The van der Waals surface area contributed by atoms with Crippen molar-refractivity contribution in [2.75, 3.05) is 14.2 Å². The van der Waals surface area contributed by atoms with Gasteiger partial charge in [-0.3, -0.25) is 4.79 Å². The smallest absolute Gasteiger partial charge is 0.168 e. The Balaban J connectivity index is 2.68. The number of rotatable bonds is 4. The number of phenols is 1. The number of ether oxygens (including phenoxy) is 2. The van der Waals surface area contributed by atoms with E-state index in [2.05, 4.69) is 0 Å². The number of phenolic OH excluding ortho intramolecular Hbond substituents is 1. The van der Waals surface area contributed by atoms with Crippen LogP contribution in [0.2, 0.25) is 0 Å². The summed E-state index contributed by atoms with van der Waals surface area (Å²) in [6, 6.07) is 6.06. The van der Waals surface area contributed by atoms with Crippen LogP contribution >= 0.6 is 0 Å². The largest absolute Gasteiger partial charge is 0.504 e. The second-order valence-electron chi connectivity index (χ2n) is 4.48. The summed E-state index contributed by atoms with van der Waals surface area (Å²) < 4.78 is 23.8. The summed E-state index contributed by atoms with van der Waals surface area (Å²) in [5.74, 6) is -0.427. The first-order valence-corrected chi connectivity index (χ1v) is 6.23. The van der Waals surface area contributed by atoms with Crippen LogP contribution in [-0.4, -0.2) is 25.6 Å². The number of aldehydes is 1. The zero-order valence-electron chi connectivity index (χ0n) is 11.9. The molecule has 0 aliphatic carbocycles. The predicted molar refractivity (Wildman–Crippen MR) is 76.7 cm³/mol. The van der Waals surface area contributed by atoms with Gasteiger partial charge < -0.3 is 14.6 Å². The fraction of sp³-hybridized carbons (Fsp3) is 0.188. The number of carbonyl (C=O) groups excluding carboxylic acids is 1. The molecule has 0 radical (unpaired) electrons. The van der Waals surface area contributed by atoms with Crippen LogP contribution < -0.4 is 9.47 Å². The molecule has 0 saturated carbocycles. The molecule has 0 spiro atoms. The first-order chi connectivity index (χ1) is 10.0. The van der Waals surface area contributed by atoms with E-state index in [9.17, 15) is 14.3 Å². The maximum atomic E-state index is 13.8. The average Bonchev–Trinajstić information content (AvgIpc) is 2.48. The number of benzene rings is 2. The molecular formula is C16H15FO4. The highest BCUT2D eigenvalue weighted by Crippen LogP contribution is 2.38. The highest BCUT2D eigenvalue weighted by atomic mass is 19.1. The zero-order valence-corrected chi connectivity index (χ0v) is 11.9. The molecule has 0 heterocycles. The van der Waals surface area contributed by atoms with E-state index in [0.717, 1.165) is 0 Å². The summed E-state index contributed by atoms with van der Waals surface area (Å²) in [6.07, 6.45) is 0.552. The number of methoxy groups -OCH3 is 2. The van der Waals surface area contributed by atoms with Gasteiger partial charge in [0.2, 0.25) is 0 Å². The van der Waals surface area contributed by atoms with Gasteiger partial charge in [0.1, 0.15) is 0 Å². The lowest BCUT2D eigenvalue weighted by atomic mass is 9.95. The van der Waals surface area contributed by atoms with Crippen LogP contribution in [0.4, 0.5) is 4.39 Å². The number of carbonyl (C=O) groups is 1. The minimum Gasteiger partial charge on any atom is -0.504 e. The van der Waals surface area contributed by atoms with Gasteiger partial charge in [0.05, 0.1) is 19.8 Å². The number of aromatic hydroxyl groups is 1. The lowest BCUT2D eigenvalue weighted by Crippen LogP contribution is -1.96. The second-order valence-corrected chi connectivity index (χ2v) is 4.48. The van der Waals surface area contributed by atoms with Gasteiger partial charge in [0, 0.05) is 0 Å². The molecule has 4 nitrogen and oxygen atoms in total. The van der Waals surface area contributed by atoms with Crippen LogP contribution in [0, 0.1) is 12.7 Å². The monoisotopic (exact) mass is 290 g/mol. The van der Waals surface area contributed by atoms with Crippen LogP contribution in [-0.2, 0) is 0 Å². The van der Waals surface area contributed by atoms with Crippen molar-refractivity contribution in [1.82, 2.24) is 0 Å². The van der Waals surface area contributed by atoms with Crippen LogP contribution in [0.25, 0.3) is 11.1 Å². The van der Waals surface area contributed by atoms with Gasteiger partial charge in [-0.05, 0) is 41.8 Å². The minimum atomic E-state index is -0.505. The van der Waals surface area contributed by atoms with Gasteiger partial charge in [0.25, 0.3) is 0 Å². The third-order valence-corrected chi connectivity index (χ3v) is 3.37. The molecule has 0 aromatic heterocycles. The molecule has 0 bridgehead atoms. The molecular weight excluding hydrogens is 275 g/mol. The first-order valence-electron chi connectivity index (χ1n) is 6.23. The maximum Gasteiger partial charge on any atom is 0.168 e. The average molecular weight is 290 g/mol. The number of hydrogen-bond donors (Lipinski definition) is 1. The summed E-state index contributed by atoms with van der Waals surface area (Å²) in [4.78, 5) is 11.2. The SMILES string of the molecule is COc1ccc(-c2cc(OC)c(O)c(C=O)c2C)cc1F. The molecule has 2 aromatic carbocycles. The van der Waals surface area contributed by atoms with E-state index in [1.54, 1.807) is 19.1 Å². The van der Waals surface area contributed by atoms with Gasteiger partial charge in [-0.1, -0.05) is 6.07 Å². The van der Waals surface area contributed by atoms with E-state index in [0.29, 0.717) is 23.0 Å². The number of halogens is 1. The highest BCUT2D eigenvalue weighted by molar-refractivity contribution is 5.88. The third-order valence-electron chi connectivity index (χ3n) is 3.37. The molecule has 5 heteroatoms. The molecule has 0 unspecified atom stereocenters. The summed E-state index contributed by atoms with van der Waals surface area (Å²) >= 11 is 0. The molecule has 0 fully saturated rings. The highest BCUT2D eigenvalue weighted by Gasteiger charge is 2.17. The van der Waals surface area contributed by atoms with Gasteiger partial charge in [-0.15, -0.1) is 0 Å². The molecule has 0 aliphatic rings. The minimum absolute atomic E-state index is 0.126. The molecule has 110 valence electrons. The Bertz CT molecular complexity index is 695. The topological polar surface area (TPSA) is 55.8 Å². The van der Waals surface area contributed by atoms with Crippen molar-refractivity contribution in [1.29, 1.82) is 0 Å². The van der Waals surface area contributed by atoms with E-state index in [1.165, 1.54) is 26.4 Å². The first kappa shape index (κ1) is 14.8. The maximum absolute atomic E-state index is 13.8. The van der Waals surface area contributed by atoms with Crippen molar-refractivity contribution >= 4 is 6.29 Å². The predicted octanol–water partition coefficient (Wildman–Crippen LogP) is 3.34. The van der Waals surface area contributed by atoms with Crippen molar-refractivity contribution in [3.63, 3.8) is 0 Å². The van der Waals surface area contributed by atoms with E-state index in [1.807, 2.05) is 0 Å². The quantitative estimate of drug-likeness (QED) is 0.877. The summed E-state index contributed by atoms with van der Waals surface area (Å²) in [7, 11) is 2.77. The molecule has 21 heavy (non-hydrogen) atoms. The van der Waals surface area contributed by atoms with E-state index < -0.39 is 5.82 Å². The summed E-state index contributed by atoms with van der Waals surface area (Å²) in [5, 5.41) is 9.93. The molecule has 1 N–H and O–H groups in total. The summed E-state index contributed by atoms with van der Waals surface area (Å²) in [6.45, 7) is 1.68. The Morgan fingerprint density at radius 1 is 1.14 bits per heavy atom. The van der Waals surface area contributed by atoms with Crippen LogP contribution in [0.5, 0.6) is 17.2 Å². The van der Waals surface area contributed by atoms with Crippen LogP contribution in [0.3, 0.4) is 0 Å². The fourth-order valence-electron chi connectivity index (χ4n) is 2.20. The van der Waals surface area contributed by atoms with Gasteiger partial charge in [-0.2, -0.15) is 0 Å². The fourth-order valence-corrected chi connectivity index (χ4v) is 2.20. The van der Waals surface area contributed by atoms with E-state index in [-0.39, 0.29) is 22.8 Å².